The zero-order chi connectivity index (χ0) is 14.5. The van der Waals surface area contributed by atoms with Gasteiger partial charge in [0.15, 0.2) is 5.75 Å². The van der Waals surface area contributed by atoms with Gasteiger partial charge in [-0.3, -0.25) is 0 Å². The average molecular weight is 274 g/mol. The number of primary amides is 1. The number of amides is 1. The number of benzene rings is 1. The number of nitrogens with one attached hydrogen (secondary N) is 1. The molecular formula is C13H14N4O3. The van der Waals surface area contributed by atoms with Crippen LogP contribution in [0, 0.1) is 6.92 Å². The van der Waals surface area contributed by atoms with Crippen molar-refractivity contribution < 1.29 is 14.3 Å². The summed E-state index contributed by atoms with van der Waals surface area (Å²) in [6.45, 7) is 1.82. The van der Waals surface area contributed by atoms with E-state index in [9.17, 15) is 4.79 Å². The number of methoxy groups -OCH3 is 1. The van der Waals surface area contributed by atoms with Gasteiger partial charge >= 0.3 is 6.09 Å². The molecule has 104 valence electrons. The molecule has 7 heteroatoms. The van der Waals surface area contributed by atoms with Gasteiger partial charge < -0.3 is 20.5 Å². The van der Waals surface area contributed by atoms with Crippen molar-refractivity contribution >= 4 is 17.7 Å². The molecule has 1 aromatic heterocycles. The van der Waals surface area contributed by atoms with E-state index in [1.165, 1.54) is 7.11 Å². The minimum atomic E-state index is -0.887. The SMILES string of the molecule is COc1cc(C)nc(Nc2ccccc2OC(N)=O)n1. The lowest BCUT2D eigenvalue weighted by molar-refractivity contribution is 0.211. The highest BCUT2D eigenvalue weighted by Gasteiger charge is 2.09. The van der Waals surface area contributed by atoms with Gasteiger partial charge in [0, 0.05) is 11.8 Å². The Morgan fingerprint density at radius 3 is 2.75 bits per heavy atom. The molecular weight excluding hydrogens is 260 g/mol. The number of carbonyl (C=O) groups is 1. The highest BCUT2D eigenvalue weighted by molar-refractivity contribution is 5.73. The molecule has 0 aliphatic heterocycles. The van der Waals surface area contributed by atoms with E-state index < -0.39 is 6.09 Å². The molecule has 7 nitrogen and oxygen atoms in total. The summed E-state index contributed by atoms with van der Waals surface area (Å²) in [5.74, 6) is 1.07. The predicted octanol–water partition coefficient (Wildman–Crippen LogP) is 1.99. The molecule has 0 aliphatic rings. The van der Waals surface area contributed by atoms with Crippen LogP contribution in [0.5, 0.6) is 11.6 Å². The smallest absolute Gasteiger partial charge is 0.410 e. The van der Waals surface area contributed by atoms with E-state index >= 15 is 0 Å². The van der Waals surface area contributed by atoms with Crippen molar-refractivity contribution in [2.75, 3.05) is 12.4 Å². The molecule has 0 saturated heterocycles. The summed E-state index contributed by atoms with van der Waals surface area (Å²) in [7, 11) is 1.52. The molecule has 0 radical (unpaired) electrons. The van der Waals surface area contributed by atoms with E-state index in [4.69, 9.17) is 15.2 Å². The lowest BCUT2D eigenvalue weighted by atomic mass is 10.3. The highest BCUT2D eigenvalue weighted by atomic mass is 16.5. The number of aromatic nitrogens is 2. The molecule has 1 aromatic carbocycles. The lowest BCUT2D eigenvalue weighted by Gasteiger charge is -2.10. The van der Waals surface area contributed by atoms with E-state index in [1.807, 2.05) is 6.92 Å². The first-order valence-electron chi connectivity index (χ1n) is 5.81. The molecule has 0 atom stereocenters. The van der Waals surface area contributed by atoms with Gasteiger partial charge in [0.2, 0.25) is 11.8 Å². The Labute approximate surface area is 115 Å². The number of carbonyl (C=O) groups excluding carboxylic acids is 1. The van der Waals surface area contributed by atoms with Crippen molar-refractivity contribution in [3.8, 4) is 11.6 Å². The van der Waals surface area contributed by atoms with E-state index in [2.05, 4.69) is 15.3 Å². The summed E-state index contributed by atoms with van der Waals surface area (Å²) >= 11 is 0. The van der Waals surface area contributed by atoms with Gasteiger partial charge in [-0.25, -0.2) is 9.78 Å². The molecule has 0 bridgehead atoms. The second-order valence-corrected chi connectivity index (χ2v) is 3.92. The summed E-state index contributed by atoms with van der Waals surface area (Å²) in [4.78, 5) is 19.2. The Kier molecular flexibility index (Phi) is 3.99. The summed E-state index contributed by atoms with van der Waals surface area (Å²) in [6, 6.07) is 8.54. The van der Waals surface area contributed by atoms with Crippen molar-refractivity contribution in [1.29, 1.82) is 0 Å². The number of ether oxygens (including phenoxy) is 2. The first kappa shape index (κ1) is 13.6. The number of anilines is 2. The Morgan fingerprint density at radius 2 is 2.05 bits per heavy atom. The molecule has 0 saturated carbocycles. The van der Waals surface area contributed by atoms with Gasteiger partial charge in [-0.05, 0) is 19.1 Å². The third-order valence-electron chi connectivity index (χ3n) is 2.38. The fourth-order valence-corrected chi connectivity index (χ4v) is 1.59. The van der Waals surface area contributed by atoms with E-state index in [0.717, 1.165) is 5.69 Å². The fourth-order valence-electron chi connectivity index (χ4n) is 1.59. The summed E-state index contributed by atoms with van der Waals surface area (Å²) in [5.41, 5.74) is 6.29. The zero-order valence-corrected chi connectivity index (χ0v) is 11.1. The first-order valence-corrected chi connectivity index (χ1v) is 5.81. The molecule has 20 heavy (non-hydrogen) atoms. The van der Waals surface area contributed by atoms with E-state index in [0.29, 0.717) is 23.3 Å². The lowest BCUT2D eigenvalue weighted by Crippen LogP contribution is -2.17. The van der Waals surface area contributed by atoms with Crippen LogP contribution in [-0.4, -0.2) is 23.2 Å². The monoisotopic (exact) mass is 274 g/mol. The third kappa shape index (κ3) is 3.35. The Balaban J connectivity index is 2.30. The molecule has 2 rings (SSSR count). The zero-order valence-electron chi connectivity index (χ0n) is 11.1. The van der Waals surface area contributed by atoms with Gasteiger partial charge in [0.25, 0.3) is 0 Å². The second kappa shape index (κ2) is 5.87. The summed E-state index contributed by atoms with van der Waals surface area (Å²) in [5, 5.41) is 2.96. The Hall–Kier alpha value is -2.83. The van der Waals surface area contributed by atoms with Crippen LogP contribution < -0.4 is 20.5 Å². The Bertz CT molecular complexity index is 631. The Morgan fingerprint density at radius 1 is 1.30 bits per heavy atom. The molecule has 3 N–H and O–H groups in total. The van der Waals surface area contributed by atoms with Crippen LogP contribution in [0.3, 0.4) is 0 Å². The second-order valence-electron chi connectivity index (χ2n) is 3.92. The van der Waals surface area contributed by atoms with Crippen LogP contribution in [0.15, 0.2) is 30.3 Å². The number of nitrogens with two attached hydrogens (primary N) is 1. The highest BCUT2D eigenvalue weighted by Crippen LogP contribution is 2.26. The minimum absolute atomic E-state index is 0.295. The molecule has 1 amide bonds. The topological polar surface area (TPSA) is 99.4 Å². The molecule has 2 aromatic rings. The van der Waals surface area contributed by atoms with E-state index in [-0.39, 0.29) is 0 Å². The van der Waals surface area contributed by atoms with Crippen LogP contribution >= 0.6 is 0 Å². The number of rotatable bonds is 4. The predicted molar refractivity (Wildman–Crippen MR) is 73.3 cm³/mol. The van der Waals surface area contributed by atoms with Crippen LogP contribution in [-0.2, 0) is 0 Å². The van der Waals surface area contributed by atoms with Crippen molar-refractivity contribution in [3.05, 3.63) is 36.0 Å². The van der Waals surface area contributed by atoms with Gasteiger partial charge in [0.1, 0.15) is 0 Å². The molecule has 0 aliphatic carbocycles. The van der Waals surface area contributed by atoms with Crippen LogP contribution in [0.4, 0.5) is 16.4 Å². The largest absolute Gasteiger partial charge is 0.481 e. The van der Waals surface area contributed by atoms with Crippen LogP contribution in [0.2, 0.25) is 0 Å². The van der Waals surface area contributed by atoms with Gasteiger partial charge in [-0.2, -0.15) is 4.98 Å². The number of para-hydroxylation sites is 2. The van der Waals surface area contributed by atoms with Crippen molar-refractivity contribution in [3.63, 3.8) is 0 Å². The maximum Gasteiger partial charge on any atom is 0.410 e. The fraction of sp³-hybridized carbons (Fsp3) is 0.154. The van der Waals surface area contributed by atoms with Gasteiger partial charge in [-0.1, -0.05) is 12.1 Å². The summed E-state index contributed by atoms with van der Waals surface area (Å²) in [6.07, 6.45) is -0.887. The van der Waals surface area contributed by atoms with Gasteiger partial charge in [0.05, 0.1) is 12.8 Å². The third-order valence-corrected chi connectivity index (χ3v) is 2.38. The minimum Gasteiger partial charge on any atom is -0.481 e. The molecule has 0 unspecified atom stereocenters. The van der Waals surface area contributed by atoms with E-state index in [1.54, 1.807) is 30.3 Å². The van der Waals surface area contributed by atoms with Gasteiger partial charge in [-0.15, -0.1) is 0 Å². The van der Waals surface area contributed by atoms with Crippen molar-refractivity contribution in [1.82, 2.24) is 9.97 Å². The van der Waals surface area contributed by atoms with Crippen molar-refractivity contribution in [2.45, 2.75) is 6.92 Å². The van der Waals surface area contributed by atoms with Crippen LogP contribution in [0.1, 0.15) is 5.69 Å². The maximum atomic E-state index is 10.8. The van der Waals surface area contributed by atoms with Crippen molar-refractivity contribution in [2.24, 2.45) is 5.73 Å². The number of nitrogens with zero attached hydrogens (tertiary/aromatic N) is 2. The maximum absolute atomic E-state index is 10.8. The molecule has 1 heterocycles. The number of aryl methyl sites for hydroxylation is 1. The normalized spacial score (nSPS) is 9.90. The number of hydrogen-bond donors (Lipinski definition) is 2. The quantitative estimate of drug-likeness (QED) is 0.884. The average Bonchev–Trinajstić information content (AvgIpc) is 2.39. The van der Waals surface area contributed by atoms with Crippen LogP contribution in [0.25, 0.3) is 0 Å². The standard InChI is InChI=1S/C13H14N4O3/c1-8-7-11(19-2)17-13(15-8)16-9-5-3-4-6-10(9)20-12(14)18/h3-7H,1-2H3,(H2,14,18)(H,15,16,17). The first-order chi connectivity index (χ1) is 9.58. The number of hydrogen-bond acceptors (Lipinski definition) is 6. The summed E-state index contributed by atoms with van der Waals surface area (Å²) < 4.78 is 9.97. The molecule has 0 spiro atoms. The molecule has 0 fully saturated rings.